The number of nitrogens with zero attached hydrogens (tertiary/aromatic N) is 3. The van der Waals surface area contributed by atoms with E-state index in [-0.39, 0.29) is 10.4 Å². The monoisotopic (exact) mass is 257 g/mol. The maximum Gasteiger partial charge on any atom is 0.366 e. The number of aryl methyl sites for hydroxylation is 1. The molecule has 0 atom stereocenters. The second kappa shape index (κ2) is 5.34. The molecule has 1 heterocycles. The van der Waals surface area contributed by atoms with E-state index < -0.39 is 22.4 Å². The quantitative estimate of drug-likeness (QED) is 0.191. The molecule has 0 spiro atoms. The number of rotatable bonds is 5. The Bertz CT molecular complexity index is 465. The third kappa shape index (κ3) is 2.75. The fourth-order valence-electron chi connectivity index (χ4n) is 1.33. The van der Waals surface area contributed by atoms with E-state index in [0.717, 1.165) is 0 Å². The van der Waals surface area contributed by atoms with Crippen molar-refractivity contribution in [3.63, 3.8) is 0 Å². The summed E-state index contributed by atoms with van der Waals surface area (Å²) in [5.74, 6) is -0.940. The summed E-state index contributed by atoms with van der Waals surface area (Å²) in [4.78, 5) is 13.8. The van der Waals surface area contributed by atoms with Crippen molar-refractivity contribution in [1.82, 2.24) is 4.98 Å². The molecule has 0 radical (unpaired) electrons. The van der Waals surface area contributed by atoms with Crippen molar-refractivity contribution < 1.29 is 9.65 Å². The number of anilines is 2. The van der Waals surface area contributed by atoms with Gasteiger partial charge >= 0.3 is 11.6 Å². The van der Waals surface area contributed by atoms with E-state index in [1.807, 2.05) is 0 Å². The van der Waals surface area contributed by atoms with Crippen LogP contribution in [0.15, 0.2) is 0 Å². The Morgan fingerprint density at radius 2 is 2.18 bits per heavy atom. The molecule has 0 aliphatic carbocycles. The second-order valence-corrected chi connectivity index (χ2v) is 3.59. The van der Waals surface area contributed by atoms with Crippen LogP contribution in [-0.2, 0) is 6.42 Å². The molecular weight excluding hydrogens is 246 g/mol. The Morgan fingerprint density at radius 3 is 2.71 bits per heavy atom. The molecule has 0 saturated heterocycles. The van der Waals surface area contributed by atoms with Crippen LogP contribution in [0.3, 0.4) is 0 Å². The second-order valence-electron chi connectivity index (χ2n) is 3.26. The van der Waals surface area contributed by atoms with Gasteiger partial charge in [-0.15, -0.1) is 4.98 Å². The Labute approximate surface area is 102 Å². The molecule has 0 aromatic carbocycles. The molecule has 0 amide bonds. The van der Waals surface area contributed by atoms with E-state index in [0.29, 0.717) is 19.3 Å². The van der Waals surface area contributed by atoms with E-state index in [2.05, 4.69) is 17.2 Å². The number of hydrogen-bond donors (Lipinski definition) is 2. The molecule has 0 aliphatic heterocycles. The van der Waals surface area contributed by atoms with Crippen LogP contribution in [0, 0.1) is 15.3 Å². The van der Waals surface area contributed by atoms with Crippen molar-refractivity contribution >= 4 is 35.0 Å². The van der Waals surface area contributed by atoms with Gasteiger partial charge in [0.05, 0.1) is 4.92 Å². The van der Waals surface area contributed by atoms with Crippen LogP contribution in [0.5, 0.6) is 0 Å². The number of nitrogens with two attached hydrogens (primary N) is 2. The van der Waals surface area contributed by atoms with Crippen LogP contribution < -0.4 is 16.2 Å². The lowest BCUT2D eigenvalue weighted by molar-refractivity contribution is -0.581. The summed E-state index contributed by atoms with van der Waals surface area (Å²) in [5.41, 5.74) is 10.3. The minimum Gasteiger partial charge on any atom is -0.754 e. The lowest BCUT2D eigenvalue weighted by Gasteiger charge is -2.10. The molecule has 0 fully saturated rings. The smallest absolute Gasteiger partial charge is 0.366 e. The van der Waals surface area contributed by atoms with Gasteiger partial charge < -0.3 is 16.7 Å². The summed E-state index contributed by atoms with van der Waals surface area (Å²) in [6.45, 7) is 0. The summed E-state index contributed by atoms with van der Waals surface area (Å²) in [7, 11) is 0. The van der Waals surface area contributed by atoms with Gasteiger partial charge in [-0.25, -0.2) is 4.73 Å². The first-order valence-corrected chi connectivity index (χ1v) is 5.21. The summed E-state index contributed by atoms with van der Waals surface area (Å²) in [6, 6.07) is 0. The first kappa shape index (κ1) is 13.0. The van der Waals surface area contributed by atoms with Gasteiger partial charge in [-0.1, -0.05) is 12.2 Å². The van der Waals surface area contributed by atoms with E-state index in [9.17, 15) is 15.3 Å². The number of aromatic nitrogens is 2. The molecule has 1 aromatic heterocycles. The predicted octanol–water partition coefficient (Wildman–Crippen LogP) is 0.110. The number of hydrogen-bond acceptors (Lipinski definition) is 7. The molecular formula is C8H11N5O3S. The van der Waals surface area contributed by atoms with Crippen LogP contribution in [0.2, 0.25) is 0 Å². The maximum absolute atomic E-state index is 11.3. The summed E-state index contributed by atoms with van der Waals surface area (Å²) < 4.78 is 0.0425. The highest BCUT2D eigenvalue weighted by atomic mass is 32.1. The Morgan fingerprint density at radius 1 is 1.53 bits per heavy atom. The van der Waals surface area contributed by atoms with Crippen molar-refractivity contribution in [1.29, 1.82) is 0 Å². The van der Waals surface area contributed by atoms with Crippen LogP contribution in [-0.4, -0.2) is 15.3 Å². The zero-order chi connectivity index (χ0) is 13.0. The highest BCUT2D eigenvalue weighted by molar-refractivity contribution is 7.78. The largest absolute Gasteiger partial charge is 0.754 e. The molecule has 92 valence electrons. The minimum atomic E-state index is -0.733. The fraction of sp³-hybridized carbons (Fsp3) is 0.375. The van der Waals surface area contributed by atoms with E-state index in [4.69, 9.17) is 11.5 Å². The predicted molar refractivity (Wildman–Crippen MR) is 65.3 cm³/mol. The normalized spacial score (nSPS) is 10.1. The molecule has 4 N–H and O–H groups in total. The van der Waals surface area contributed by atoms with Crippen LogP contribution in [0.1, 0.15) is 18.5 Å². The topological polar surface area (TPSA) is 135 Å². The fourth-order valence-corrected chi connectivity index (χ4v) is 1.50. The van der Waals surface area contributed by atoms with Crippen molar-refractivity contribution in [3.8, 4) is 0 Å². The molecule has 0 aliphatic rings. The summed E-state index contributed by atoms with van der Waals surface area (Å²) in [6.07, 6.45) is 1.48. The lowest BCUT2D eigenvalue weighted by atomic mass is 10.1. The first-order valence-electron chi connectivity index (χ1n) is 4.74. The Kier molecular flexibility index (Phi) is 4.10. The minimum absolute atomic E-state index is 0.0425. The first-order chi connectivity index (χ1) is 7.99. The standard InChI is InChI=1S/C8H11N5O3S/c9-7-6(13(15)16)5(3-1-2-4-17)11-8(10)12(7)14/h4H,1-3,9H2,(H2,10,11). The molecule has 17 heavy (non-hydrogen) atoms. The van der Waals surface area contributed by atoms with Crippen molar-refractivity contribution in [2.75, 3.05) is 11.5 Å². The van der Waals surface area contributed by atoms with Crippen molar-refractivity contribution in [3.05, 3.63) is 21.0 Å². The Hall–Kier alpha value is -2.03. The molecule has 8 nitrogen and oxygen atoms in total. The van der Waals surface area contributed by atoms with Crippen LogP contribution >= 0.6 is 12.2 Å². The van der Waals surface area contributed by atoms with Gasteiger partial charge in [0.1, 0.15) is 0 Å². The molecule has 0 unspecified atom stereocenters. The number of nitrogen functional groups attached to an aromatic ring is 2. The molecule has 0 bridgehead atoms. The Balaban J connectivity index is 3.18. The van der Waals surface area contributed by atoms with Crippen LogP contribution in [0.25, 0.3) is 0 Å². The third-order valence-electron chi connectivity index (χ3n) is 2.11. The highest BCUT2D eigenvalue weighted by Crippen LogP contribution is 2.23. The highest BCUT2D eigenvalue weighted by Gasteiger charge is 2.27. The summed E-state index contributed by atoms with van der Waals surface area (Å²) >= 11 is 4.64. The molecule has 9 heteroatoms. The van der Waals surface area contributed by atoms with Crippen molar-refractivity contribution in [2.24, 2.45) is 0 Å². The van der Waals surface area contributed by atoms with Gasteiger partial charge in [0.2, 0.25) is 0 Å². The van der Waals surface area contributed by atoms with Gasteiger partial charge in [-0.2, -0.15) is 0 Å². The molecule has 0 saturated carbocycles. The number of thiocarbonyl (C=S) groups is 1. The van der Waals surface area contributed by atoms with Gasteiger partial charge in [0.15, 0.2) is 5.69 Å². The zero-order valence-electron chi connectivity index (χ0n) is 8.83. The van der Waals surface area contributed by atoms with Gasteiger partial charge in [0.25, 0.3) is 5.82 Å². The average molecular weight is 257 g/mol. The van der Waals surface area contributed by atoms with Gasteiger partial charge in [-0.3, -0.25) is 10.1 Å². The molecule has 1 rings (SSSR count). The van der Waals surface area contributed by atoms with Gasteiger partial charge in [0, 0.05) is 6.42 Å². The SMILES string of the molecule is Nc1nc(CCCC=S)c([N+](=O)[O-])c(N)[n+]1[O-]. The van der Waals surface area contributed by atoms with E-state index in [1.165, 1.54) is 5.37 Å². The maximum atomic E-state index is 11.3. The zero-order valence-corrected chi connectivity index (χ0v) is 9.64. The van der Waals surface area contributed by atoms with E-state index >= 15 is 0 Å². The number of unbranched alkanes of at least 4 members (excludes halogenated alkanes) is 1. The third-order valence-corrected chi connectivity index (χ3v) is 2.35. The average Bonchev–Trinajstić information content (AvgIpc) is 2.26. The number of nitro groups is 1. The lowest BCUT2D eigenvalue weighted by Crippen LogP contribution is -2.37. The van der Waals surface area contributed by atoms with Crippen molar-refractivity contribution in [2.45, 2.75) is 19.3 Å². The summed E-state index contributed by atoms with van der Waals surface area (Å²) in [5, 5.41) is 23.6. The molecule has 1 aromatic rings. The van der Waals surface area contributed by atoms with Crippen LogP contribution in [0.4, 0.5) is 17.5 Å². The van der Waals surface area contributed by atoms with Gasteiger partial charge in [-0.05, 0) is 18.2 Å². The van der Waals surface area contributed by atoms with E-state index in [1.54, 1.807) is 0 Å².